The molecule has 3 aromatic rings. The van der Waals surface area contributed by atoms with Crippen molar-refractivity contribution in [3.05, 3.63) is 65.0 Å². The predicted molar refractivity (Wildman–Crippen MR) is 197 cm³/mol. The van der Waals surface area contributed by atoms with Gasteiger partial charge in [0.15, 0.2) is 12.4 Å². The van der Waals surface area contributed by atoms with Gasteiger partial charge in [0.25, 0.3) is 0 Å². The first kappa shape index (κ1) is 39.2. The topological polar surface area (TPSA) is 119 Å². The maximum Gasteiger partial charge on any atom is 0.422 e. The molecule has 2 fully saturated rings. The molecule has 54 heavy (non-hydrogen) atoms. The molecule has 3 aliphatic heterocycles. The average molecular weight is 753 g/mol. The zero-order valence-electron chi connectivity index (χ0n) is 31.1. The van der Waals surface area contributed by atoms with Crippen molar-refractivity contribution in [1.29, 1.82) is 0 Å². The number of fused-ring (bicyclic) bond motifs is 11. The van der Waals surface area contributed by atoms with Crippen LogP contribution < -0.4 is 19.5 Å². The summed E-state index contributed by atoms with van der Waals surface area (Å²) in [5.74, 6) is 1.44. The first-order valence-electron chi connectivity index (χ1n) is 19.3. The molecule has 2 aromatic carbocycles. The van der Waals surface area contributed by atoms with Crippen LogP contribution in [0, 0.1) is 5.41 Å². The van der Waals surface area contributed by atoms with Gasteiger partial charge in [-0.1, -0.05) is 25.1 Å². The summed E-state index contributed by atoms with van der Waals surface area (Å²) < 4.78 is 56.4. The maximum absolute atomic E-state index is 13.8. The van der Waals surface area contributed by atoms with Crippen LogP contribution in [0.3, 0.4) is 0 Å². The highest BCUT2D eigenvalue weighted by Gasteiger charge is 2.44. The molecular weight excluding hydrogens is 701 g/mol. The highest BCUT2D eigenvalue weighted by atomic mass is 19.4. The number of hydrogen-bond acceptors (Lipinski definition) is 10. The highest BCUT2D eigenvalue weighted by Crippen LogP contribution is 2.50. The van der Waals surface area contributed by atoms with E-state index in [4.69, 9.17) is 14.2 Å². The Morgan fingerprint density at radius 1 is 0.889 bits per heavy atom. The second-order valence-electron chi connectivity index (χ2n) is 14.7. The van der Waals surface area contributed by atoms with Gasteiger partial charge < -0.3 is 29.3 Å². The molecule has 0 atom stereocenters. The third-order valence-electron chi connectivity index (χ3n) is 10.2. The van der Waals surface area contributed by atoms with Crippen LogP contribution in [0.5, 0.6) is 17.5 Å². The van der Waals surface area contributed by atoms with Gasteiger partial charge in [-0.05, 0) is 105 Å². The second kappa shape index (κ2) is 18.2. The molecule has 0 spiro atoms. The van der Waals surface area contributed by atoms with Gasteiger partial charge in [0.1, 0.15) is 17.3 Å². The number of likely N-dealkylation sites (tertiary alicyclic amines) is 1. The number of ketones is 1. The summed E-state index contributed by atoms with van der Waals surface area (Å²) in [6, 6.07) is 12.3. The van der Waals surface area contributed by atoms with Crippen molar-refractivity contribution < 1.29 is 37.0 Å². The van der Waals surface area contributed by atoms with Gasteiger partial charge in [-0.25, -0.2) is 0 Å². The zero-order chi connectivity index (χ0) is 38.0. The molecule has 1 aliphatic carbocycles. The number of alkyl halides is 3. The van der Waals surface area contributed by atoms with Crippen molar-refractivity contribution in [1.82, 2.24) is 24.8 Å². The SMILES string of the molecule is CCCC(=O)N1CCCOc2ccc(cc2)CNc2nc(nc(OCC(F)(F)F)n2)Cc2ccc(C(=O)CCC3(CN4CCCC4)CC3)c(c2)OCCC1. The van der Waals surface area contributed by atoms with Crippen LogP contribution in [0.4, 0.5) is 19.1 Å². The van der Waals surface area contributed by atoms with Crippen molar-refractivity contribution in [2.24, 2.45) is 5.41 Å². The van der Waals surface area contributed by atoms with Crippen molar-refractivity contribution in [3.63, 3.8) is 0 Å². The van der Waals surface area contributed by atoms with Crippen molar-refractivity contribution in [2.45, 2.75) is 90.3 Å². The molecule has 7 rings (SSSR count). The summed E-state index contributed by atoms with van der Waals surface area (Å²) in [4.78, 5) is 44.0. The lowest BCUT2D eigenvalue weighted by molar-refractivity contribution is -0.154. The maximum atomic E-state index is 13.8. The lowest BCUT2D eigenvalue weighted by atomic mass is 9.94. The number of nitrogens with one attached hydrogen (secondary N) is 1. The van der Waals surface area contributed by atoms with Crippen LogP contribution in [0.15, 0.2) is 42.5 Å². The summed E-state index contributed by atoms with van der Waals surface area (Å²) in [5, 5.41) is 3.07. The van der Waals surface area contributed by atoms with Crippen LogP contribution in [0.2, 0.25) is 0 Å². The smallest absolute Gasteiger partial charge is 0.422 e. The number of ether oxygens (including phenoxy) is 3. The largest absolute Gasteiger partial charge is 0.494 e. The van der Waals surface area contributed by atoms with Crippen molar-refractivity contribution in [3.8, 4) is 17.5 Å². The Morgan fingerprint density at radius 3 is 2.31 bits per heavy atom. The Bertz CT molecular complexity index is 1710. The van der Waals surface area contributed by atoms with Crippen LogP contribution in [-0.4, -0.2) is 95.2 Å². The number of halogens is 3. The zero-order valence-corrected chi connectivity index (χ0v) is 31.1. The van der Waals surface area contributed by atoms with Crippen LogP contribution in [0.25, 0.3) is 0 Å². The van der Waals surface area contributed by atoms with E-state index in [9.17, 15) is 22.8 Å². The molecule has 0 radical (unpaired) electrons. The van der Waals surface area contributed by atoms with Gasteiger partial charge in [-0.3, -0.25) is 9.59 Å². The highest BCUT2D eigenvalue weighted by molar-refractivity contribution is 5.98. The Kier molecular flexibility index (Phi) is 13.3. The number of anilines is 1. The van der Waals surface area contributed by atoms with Gasteiger partial charge in [0, 0.05) is 45.4 Å². The number of hydrogen-bond donors (Lipinski definition) is 1. The second-order valence-corrected chi connectivity index (χ2v) is 14.7. The molecule has 1 saturated heterocycles. The third-order valence-corrected chi connectivity index (χ3v) is 10.2. The van der Waals surface area contributed by atoms with E-state index >= 15 is 0 Å². The van der Waals surface area contributed by atoms with Crippen LogP contribution >= 0.6 is 0 Å². The minimum absolute atomic E-state index is 0.00712. The number of carbonyl (C=O) groups is 2. The normalized spacial score (nSPS) is 18.0. The van der Waals surface area contributed by atoms with E-state index in [1.165, 1.54) is 12.8 Å². The summed E-state index contributed by atoms with van der Waals surface area (Å²) >= 11 is 0. The summed E-state index contributed by atoms with van der Waals surface area (Å²) in [5.41, 5.74) is 2.26. The number of Topliss-reactive ketones (excluding diaryl/α,β-unsaturated/α-hetero) is 1. The standard InChI is InChI=1S/C40H51F3N6O5/c1-2-7-36(51)49-20-5-22-52-31-11-8-29(9-12-31)26-44-37-45-35(46-38(47-37)54-28-40(41,42)43)25-30-10-13-32(34(24-30)53-23-6-21-49)33(50)14-15-39(16-17-39)27-48-18-3-4-19-48/h8-13,24H,2-7,14-23,25-28H2,1H3,(H,44,45,46,47). The quantitative estimate of drug-likeness (QED) is 0.216. The first-order chi connectivity index (χ1) is 26.1. The molecule has 0 unspecified atom stereocenters. The minimum Gasteiger partial charge on any atom is -0.494 e. The van der Waals surface area contributed by atoms with Gasteiger partial charge in [-0.15, -0.1) is 0 Å². The molecular formula is C40H51F3N6O5. The summed E-state index contributed by atoms with van der Waals surface area (Å²) in [6.07, 6.45) is 3.95. The molecule has 1 saturated carbocycles. The van der Waals surface area contributed by atoms with E-state index in [2.05, 4.69) is 25.2 Å². The number of amides is 1. The minimum atomic E-state index is -4.58. The number of carbonyl (C=O) groups excluding carboxylic acids is 2. The lowest BCUT2D eigenvalue weighted by Gasteiger charge is -2.23. The fraction of sp³-hybridized carbons (Fsp3) is 0.575. The molecule has 14 heteroatoms. The molecule has 11 nitrogen and oxygen atoms in total. The number of nitrogens with zero attached hydrogens (tertiary/aromatic N) is 5. The molecule has 4 aliphatic rings. The van der Waals surface area contributed by atoms with Gasteiger partial charge >= 0.3 is 12.2 Å². The molecule has 1 aromatic heterocycles. The van der Waals surface area contributed by atoms with E-state index in [1.807, 2.05) is 36.1 Å². The molecule has 4 heterocycles. The Balaban J connectivity index is 1.24. The van der Waals surface area contributed by atoms with E-state index in [0.29, 0.717) is 68.0 Å². The van der Waals surface area contributed by atoms with Gasteiger partial charge in [-0.2, -0.15) is 28.1 Å². The van der Waals surface area contributed by atoms with Gasteiger partial charge in [0.05, 0.1) is 18.8 Å². The predicted octanol–water partition coefficient (Wildman–Crippen LogP) is 7.03. The monoisotopic (exact) mass is 752 g/mol. The third kappa shape index (κ3) is 11.8. The number of benzene rings is 2. The molecule has 1 N–H and O–H groups in total. The fourth-order valence-corrected chi connectivity index (χ4v) is 7.07. The van der Waals surface area contributed by atoms with Crippen molar-refractivity contribution >= 4 is 17.6 Å². The molecule has 1 amide bonds. The van der Waals surface area contributed by atoms with Gasteiger partial charge in [0.2, 0.25) is 11.9 Å². The van der Waals surface area contributed by atoms with E-state index in [-0.39, 0.29) is 48.5 Å². The Labute approximate surface area is 315 Å². The van der Waals surface area contributed by atoms with Crippen LogP contribution in [0.1, 0.15) is 98.4 Å². The van der Waals surface area contributed by atoms with E-state index < -0.39 is 18.8 Å². The number of aromatic nitrogens is 3. The summed E-state index contributed by atoms with van der Waals surface area (Å²) in [7, 11) is 0. The van der Waals surface area contributed by atoms with E-state index in [1.54, 1.807) is 18.2 Å². The molecule has 6 bridgehead atoms. The lowest BCUT2D eigenvalue weighted by Crippen LogP contribution is -2.34. The Morgan fingerprint density at radius 2 is 1.61 bits per heavy atom. The van der Waals surface area contributed by atoms with Crippen molar-refractivity contribution in [2.75, 3.05) is 57.9 Å². The van der Waals surface area contributed by atoms with Crippen LogP contribution in [-0.2, 0) is 17.8 Å². The average Bonchev–Trinajstić information content (AvgIpc) is 3.72. The van der Waals surface area contributed by atoms with E-state index in [0.717, 1.165) is 50.9 Å². The summed E-state index contributed by atoms with van der Waals surface area (Å²) in [6.45, 7) is 5.78. The molecule has 292 valence electrons. The number of rotatable bonds is 10. The Hall–Kier alpha value is -4.46. The first-order valence-corrected chi connectivity index (χ1v) is 19.3. The fourth-order valence-electron chi connectivity index (χ4n) is 7.07.